The molecule has 2 nitrogen and oxygen atoms in total. The summed E-state index contributed by atoms with van der Waals surface area (Å²) in [6, 6.07) is 0. The fraction of sp³-hybridized carbons (Fsp3) is 0.750. The molecule has 0 amide bonds. The molecule has 0 aromatic carbocycles. The van der Waals surface area contributed by atoms with Crippen LogP contribution in [0.1, 0.15) is 26.7 Å². The summed E-state index contributed by atoms with van der Waals surface area (Å²) in [5.41, 5.74) is -0.437. The van der Waals surface area contributed by atoms with Crippen molar-refractivity contribution in [2.45, 2.75) is 32.3 Å². The van der Waals surface area contributed by atoms with E-state index < -0.39 is 5.60 Å². The van der Waals surface area contributed by atoms with Gasteiger partial charge in [0.1, 0.15) is 4.49 Å². The van der Waals surface area contributed by atoms with Crippen LogP contribution in [0.5, 0.6) is 0 Å². The van der Waals surface area contributed by atoms with E-state index in [9.17, 15) is 5.11 Å². The zero-order valence-electron chi connectivity index (χ0n) is 7.27. The predicted molar refractivity (Wildman–Crippen MR) is 51.3 cm³/mol. The Morgan fingerprint density at radius 1 is 1.33 bits per heavy atom. The molecule has 0 rings (SSSR count). The SMILES string of the molecule is CC(C)(O)C(CCCO)=C(Cl)Cl. The number of hydrogen-bond donors (Lipinski definition) is 2. The Morgan fingerprint density at radius 2 is 1.83 bits per heavy atom. The molecule has 0 heterocycles. The average Bonchev–Trinajstić information content (AvgIpc) is 1.84. The zero-order valence-corrected chi connectivity index (χ0v) is 8.78. The summed E-state index contributed by atoms with van der Waals surface area (Å²) in [5.74, 6) is 0. The zero-order chi connectivity index (χ0) is 9.78. The van der Waals surface area contributed by atoms with Gasteiger partial charge in [0.05, 0.1) is 5.60 Å². The van der Waals surface area contributed by atoms with Crippen molar-refractivity contribution < 1.29 is 10.2 Å². The second-order valence-electron chi connectivity index (χ2n) is 3.13. The maximum absolute atomic E-state index is 9.57. The van der Waals surface area contributed by atoms with Crippen LogP contribution in [0.15, 0.2) is 10.1 Å². The van der Waals surface area contributed by atoms with Crippen molar-refractivity contribution >= 4 is 23.2 Å². The predicted octanol–water partition coefficient (Wildman–Crippen LogP) is 2.22. The summed E-state index contributed by atoms with van der Waals surface area (Å²) in [6.45, 7) is 3.30. The number of halogens is 2. The van der Waals surface area contributed by atoms with E-state index in [4.69, 9.17) is 28.3 Å². The molecule has 0 aromatic heterocycles. The normalized spacial score (nSPS) is 11.5. The third-order valence-electron chi connectivity index (χ3n) is 1.55. The lowest BCUT2D eigenvalue weighted by atomic mass is 9.96. The maximum atomic E-state index is 9.57. The molecule has 2 N–H and O–H groups in total. The highest BCUT2D eigenvalue weighted by Gasteiger charge is 2.21. The highest BCUT2D eigenvalue weighted by atomic mass is 35.5. The van der Waals surface area contributed by atoms with Gasteiger partial charge in [0.25, 0.3) is 0 Å². The first-order valence-corrected chi connectivity index (χ1v) is 4.53. The smallest absolute Gasteiger partial charge is 0.108 e. The van der Waals surface area contributed by atoms with E-state index in [1.54, 1.807) is 13.8 Å². The molecule has 0 bridgehead atoms. The molecule has 0 saturated carbocycles. The van der Waals surface area contributed by atoms with E-state index >= 15 is 0 Å². The number of rotatable bonds is 4. The Morgan fingerprint density at radius 3 is 2.08 bits per heavy atom. The molecule has 0 spiro atoms. The minimum Gasteiger partial charge on any atom is -0.396 e. The Kier molecular flexibility index (Phi) is 5.18. The summed E-state index contributed by atoms with van der Waals surface area (Å²) < 4.78 is 0.0935. The molecule has 0 unspecified atom stereocenters. The van der Waals surface area contributed by atoms with Gasteiger partial charge >= 0.3 is 0 Å². The molecule has 0 fully saturated rings. The summed E-state index contributed by atoms with van der Waals surface area (Å²) in [6.07, 6.45) is 1.07. The summed E-state index contributed by atoms with van der Waals surface area (Å²) in [4.78, 5) is 0. The molecule has 0 aliphatic carbocycles. The van der Waals surface area contributed by atoms with Gasteiger partial charge in [0.2, 0.25) is 0 Å². The molecule has 12 heavy (non-hydrogen) atoms. The van der Waals surface area contributed by atoms with Crippen molar-refractivity contribution in [3.05, 3.63) is 10.1 Å². The van der Waals surface area contributed by atoms with Crippen LogP contribution in [0.4, 0.5) is 0 Å². The van der Waals surface area contributed by atoms with Crippen LogP contribution in [-0.4, -0.2) is 22.4 Å². The topological polar surface area (TPSA) is 40.5 Å². The van der Waals surface area contributed by atoms with Gasteiger partial charge in [-0.05, 0) is 32.3 Å². The van der Waals surface area contributed by atoms with Crippen molar-refractivity contribution in [1.29, 1.82) is 0 Å². The number of aliphatic hydroxyl groups is 2. The number of hydrogen-bond acceptors (Lipinski definition) is 2. The Balaban J connectivity index is 4.38. The third kappa shape index (κ3) is 4.31. The quantitative estimate of drug-likeness (QED) is 0.751. The lowest BCUT2D eigenvalue weighted by Gasteiger charge is -2.21. The summed E-state index contributed by atoms with van der Waals surface area (Å²) >= 11 is 11.1. The highest BCUT2D eigenvalue weighted by molar-refractivity contribution is 6.56. The van der Waals surface area contributed by atoms with Crippen LogP contribution in [0.2, 0.25) is 0 Å². The van der Waals surface area contributed by atoms with Gasteiger partial charge in [0, 0.05) is 6.61 Å². The second kappa shape index (κ2) is 5.07. The molecular weight excluding hydrogens is 199 g/mol. The Labute approximate surface area is 82.8 Å². The van der Waals surface area contributed by atoms with Crippen molar-refractivity contribution in [2.75, 3.05) is 6.61 Å². The second-order valence-corrected chi connectivity index (χ2v) is 4.07. The van der Waals surface area contributed by atoms with Crippen LogP contribution in [0, 0.1) is 0 Å². The fourth-order valence-electron chi connectivity index (χ4n) is 0.887. The van der Waals surface area contributed by atoms with Crippen LogP contribution >= 0.6 is 23.2 Å². The van der Waals surface area contributed by atoms with Gasteiger partial charge in [0.15, 0.2) is 0 Å². The minimum atomic E-state index is -1.01. The van der Waals surface area contributed by atoms with E-state index in [0.717, 1.165) is 0 Å². The van der Waals surface area contributed by atoms with Crippen LogP contribution in [0.3, 0.4) is 0 Å². The van der Waals surface area contributed by atoms with E-state index in [-0.39, 0.29) is 11.1 Å². The Hall–Kier alpha value is 0.240. The molecule has 0 aliphatic heterocycles. The summed E-state index contributed by atoms with van der Waals surface area (Å²) in [7, 11) is 0. The average molecular weight is 213 g/mol. The van der Waals surface area contributed by atoms with Gasteiger partial charge in [-0.15, -0.1) is 0 Å². The molecule has 4 heteroatoms. The van der Waals surface area contributed by atoms with Gasteiger partial charge in [-0.2, -0.15) is 0 Å². The van der Waals surface area contributed by atoms with Crippen LogP contribution in [-0.2, 0) is 0 Å². The first-order valence-electron chi connectivity index (χ1n) is 3.77. The Bertz CT molecular complexity index is 166. The molecule has 0 aliphatic rings. The van der Waals surface area contributed by atoms with Gasteiger partial charge in [-0.25, -0.2) is 0 Å². The van der Waals surface area contributed by atoms with E-state index in [1.165, 1.54) is 0 Å². The standard InChI is InChI=1S/C8H14Cl2O2/c1-8(2,12)6(7(9)10)4-3-5-11/h11-12H,3-5H2,1-2H3. The number of aliphatic hydroxyl groups excluding tert-OH is 1. The molecule has 0 atom stereocenters. The van der Waals surface area contributed by atoms with Crippen molar-refractivity contribution in [3.63, 3.8) is 0 Å². The lowest BCUT2D eigenvalue weighted by Crippen LogP contribution is -2.22. The first kappa shape index (κ1) is 12.2. The van der Waals surface area contributed by atoms with Gasteiger partial charge < -0.3 is 10.2 Å². The summed E-state index contributed by atoms with van der Waals surface area (Å²) in [5, 5.41) is 18.1. The minimum absolute atomic E-state index is 0.0701. The van der Waals surface area contributed by atoms with Crippen molar-refractivity contribution in [1.82, 2.24) is 0 Å². The molecule has 0 radical (unpaired) electrons. The van der Waals surface area contributed by atoms with E-state index in [1.807, 2.05) is 0 Å². The van der Waals surface area contributed by atoms with Crippen molar-refractivity contribution in [2.24, 2.45) is 0 Å². The van der Waals surface area contributed by atoms with E-state index in [2.05, 4.69) is 0 Å². The first-order chi connectivity index (χ1) is 5.39. The maximum Gasteiger partial charge on any atom is 0.108 e. The van der Waals surface area contributed by atoms with Crippen molar-refractivity contribution in [3.8, 4) is 0 Å². The van der Waals surface area contributed by atoms with Crippen LogP contribution < -0.4 is 0 Å². The van der Waals surface area contributed by atoms with Crippen LogP contribution in [0.25, 0.3) is 0 Å². The molecule has 72 valence electrons. The lowest BCUT2D eigenvalue weighted by molar-refractivity contribution is 0.114. The largest absolute Gasteiger partial charge is 0.396 e. The monoisotopic (exact) mass is 212 g/mol. The highest BCUT2D eigenvalue weighted by Crippen LogP contribution is 2.28. The molecule has 0 aromatic rings. The van der Waals surface area contributed by atoms with Gasteiger partial charge in [-0.3, -0.25) is 0 Å². The third-order valence-corrected chi connectivity index (χ3v) is 2.01. The fourth-order valence-corrected chi connectivity index (χ4v) is 1.54. The van der Waals surface area contributed by atoms with E-state index in [0.29, 0.717) is 18.4 Å². The van der Waals surface area contributed by atoms with Gasteiger partial charge in [-0.1, -0.05) is 23.2 Å². The molecular formula is C8H14Cl2O2. The molecule has 0 saturated heterocycles.